The van der Waals surface area contributed by atoms with Crippen LogP contribution in [0.15, 0.2) is 68.7 Å². The number of hydroxylamine groups is 2. The van der Waals surface area contributed by atoms with Crippen LogP contribution >= 0.6 is 0 Å². The van der Waals surface area contributed by atoms with E-state index in [2.05, 4.69) is 20.2 Å². The number of ether oxygens (including phenoxy) is 2. The second kappa shape index (κ2) is 11.3. The maximum Gasteiger partial charge on any atom is 0.173 e. The first kappa shape index (κ1) is 22.5. The first-order valence-electron chi connectivity index (χ1n) is 8.86. The summed E-state index contributed by atoms with van der Waals surface area (Å²) in [7, 11) is 3.15. The molecule has 0 atom stereocenters. The van der Waals surface area contributed by atoms with Gasteiger partial charge < -0.3 is 9.47 Å². The lowest BCUT2D eigenvalue weighted by atomic mass is 10.3. The summed E-state index contributed by atoms with van der Waals surface area (Å²) in [5, 5.41) is 26.9. The highest BCUT2D eigenvalue weighted by atomic mass is 16.5. The summed E-state index contributed by atoms with van der Waals surface area (Å²) < 4.78 is 10.2. The van der Waals surface area contributed by atoms with Crippen LogP contribution in [0.1, 0.15) is 13.8 Å². The summed E-state index contributed by atoms with van der Waals surface area (Å²) in [4.78, 5) is 8.54. The van der Waals surface area contributed by atoms with Crippen LogP contribution in [0.4, 0.5) is 11.4 Å². The molecular formula is C20H24N6O4. The van der Waals surface area contributed by atoms with Crippen molar-refractivity contribution in [1.82, 2.24) is 11.0 Å². The van der Waals surface area contributed by atoms with Crippen LogP contribution in [0, 0.1) is 0 Å². The molecule has 2 aromatic rings. The number of rotatable bonds is 7. The third kappa shape index (κ3) is 6.40. The lowest BCUT2D eigenvalue weighted by Crippen LogP contribution is -2.28. The zero-order chi connectivity index (χ0) is 21.9. The molecule has 10 heteroatoms. The Hall–Kier alpha value is -3.76. The Morgan fingerprint density at radius 3 is 1.27 bits per heavy atom. The molecule has 2 rings (SSSR count). The summed E-state index contributed by atoms with van der Waals surface area (Å²) >= 11 is 0. The van der Waals surface area contributed by atoms with Gasteiger partial charge in [-0.25, -0.2) is 9.98 Å². The highest BCUT2D eigenvalue weighted by molar-refractivity contribution is 6.42. The lowest BCUT2D eigenvalue weighted by Gasteiger charge is -2.06. The Bertz CT molecular complexity index is 871. The predicted molar refractivity (Wildman–Crippen MR) is 116 cm³/mol. The summed E-state index contributed by atoms with van der Waals surface area (Å²) in [5.74, 6) is 1.61. The van der Waals surface area contributed by atoms with Crippen molar-refractivity contribution in [2.24, 2.45) is 20.2 Å². The van der Waals surface area contributed by atoms with Gasteiger partial charge in [0.1, 0.15) is 22.9 Å². The average molecular weight is 412 g/mol. The Balaban J connectivity index is 2.22. The molecule has 0 amide bonds. The van der Waals surface area contributed by atoms with Gasteiger partial charge in [0.05, 0.1) is 25.6 Å². The lowest BCUT2D eigenvalue weighted by molar-refractivity contribution is 0.236. The molecule has 0 spiro atoms. The molecule has 0 unspecified atom stereocenters. The maximum absolute atomic E-state index is 9.40. The fourth-order valence-corrected chi connectivity index (χ4v) is 2.19. The third-order valence-electron chi connectivity index (χ3n) is 3.87. The molecule has 0 aliphatic heterocycles. The van der Waals surface area contributed by atoms with Gasteiger partial charge >= 0.3 is 0 Å². The molecule has 158 valence electrons. The molecule has 0 bridgehead atoms. The van der Waals surface area contributed by atoms with E-state index in [-0.39, 0.29) is 11.7 Å². The van der Waals surface area contributed by atoms with Gasteiger partial charge in [0, 0.05) is 0 Å². The molecule has 0 aromatic heterocycles. The number of hydrogen-bond donors (Lipinski definition) is 4. The van der Waals surface area contributed by atoms with Crippen LogP contribution in [-0.2, 0) is 0 Å². The van der Waals surface area contributed by atoms with Gasteiger partial charge in [-0.15, -0.1) is 0 Å². The smallest absolute Gasteiger partial charge is 0.173 e. The zero-order valence-electron chi connectivity index (χ0n) is 17.1. The van der Waals surface area contributed by atoms with Gasteiger partial charge in [0.2, 0.25) is 0 Å². The van der Waals surface area contributed by atoms with E-state index in [1.54, 1.807) is 76.6 Å². The molecule has 10 nitrogen and oxygen atoms in total. The van der Waals surface area contributed by atoms with E-state index < -0.39 is 0 Å². The molecule has 0 radical (unpaired) electrons. The van der Waals surface area contributed by atoms with E-state index in [0.717, 1.165) is 0 Å². The van der Waals surface area contributed by atoms with Crippen LogP contribution in [-0.4, -0.2) is 47.7 Å². The van der Waals surface area contributed by atoms with E-state index in [9.17, 15) is 10.4 Å². The van der Waals surface area contributed by atoms with Crippen molar-refractivity contribution in [2.45, 2.75) is 13.8 Å². The molecule has 30 heavy (non-hydrogen) atoms. The third-order valence-corrected chi connectivity index (χ3v) is 3.87. The van der Waals surface area contributed by atoms with Crippen LogP contribution in [0.2, 0.25) is 0 Å². The summed E-state index contributed by atoms with van der Waals surface area (Å²) in [5.41, 5.74) is 5.81. The Labute approximate surface area is 174 Å². The first-order valence-corrected chi connectivity index (χ1v) is 8.86. The zero-order valence-corrected chi connectivity index (χ0v) is 17.1. The Kier molecular flexibility index (Phi) is 8.48. The Morgan fingerprint density at radius 2 is 1.00 bits per heavy atom. The van der Waals surface area contributed by atoms with Gasteiger partial charge in [-0.3, -0.25) is 21.4 Å². The molecule has 0 aliphatic rings. The number of amidine groups is 2. The molecular weight excluding hydrogens is 388 g/mol. The van der Waals surface area contributed by atoms with Crippen LogP contribution in [0.3, 0.4) is 0 Å². The van der Waals surface area contributed by atoms with Crippen molar-refractivity contribution < 1.29 is 19.9 Å². The predicted octanol–water partition coefficient (Wildman–Crippen LogP) is 3.26. The van der Waals surface area contributed by atoms with E-state index >= 15 is 0 Å². The van der Waals surface area contributed by atoms with Gasteiger partial charge in [-0.1, -0.05) is 0 Å². The van der Waals surface area contributed by atoms with Crippen molar-refractivity contribution in [3.63, 3.8) is 0 Å². The van der Waals surface area contributed by atoms with Crippen molar-refractivity contribution in [3.8, 4) is 11.5 Å². The van der Waals surface area contributed by atoms with Crippen LogP contribution in [0.5, 0.6) is 11.5 Å². The molecule has 2 aromatic carbocycles. The topological polar surface area (TPSA) is 132 Å². The minimum absolute atomic E-state index is 0.113. The molecule has 4 N–H and O–H groups in total. The fourth-order valence-electron chi connectivity index (χ4n) is 2.19. The summed E-state index contributed by atoms with van der Waals surface area (Å²) in [6.07, 6.45) is 0. The highest BCUT2D eigenvalue weighted by Gasteiger charge is 2.06. The van der Waals surface area contributed by atoms with E-state index in [0.29, 0.717) is 34.3 Å². The van der Waals surface area contributed by atoms with Crippen LogP contribution < -0.4 is 20.4 Å². The first-order chi connectivity index (χ1) is 14.5. The average Bonchev–Trinajstić information content (AvgIpc) is 2.79. The highest BCUT2D eigenvalue weighted by Crippen LogP contribution is 2.18. The molecule has 0 aliphatic carbocycles. The minimum Gasteiger partial charge on any atom is -0.497 e. The van der Waals surface area contributed by atoms with Crippen molar-refractivity contribution in [2.75, 3.05) is 14.2 Å². The van der Waals surface area contributed by atoms with Crippen LogP contribution in [0.25, 0.3) is 0 Å². The second-order valence-electron chi connectivity index (χ2n) is 5.91. The molecule has 0 fully saturated rings. The number of aliphatic imine (C=N–C) groups is 2. The standard InChI is InChI=1S/C20H24N6O4/c1-13(19(25-27)21-15-5-9-17(29-3)10-6-15)23-24-14(2)20(26-28)22-16-7-11-18(30-4)12-8-16/h5-12,27-28H,1-4H3,(H,21,25)(H,22,26). The molecule has 0 heterocycles. The minimum atomic E-state index is 0.113. The van der Waals surface area contributed by atoms with Crippen molar-refractivity contribution >= 4 is 34.5 Å². The van der Waals surface area contributed by atoms with E-state index in [4.69, 9.17) is 9.47 Å². The van der Waals surface area contributed by atoms with E-state index in [1.165, 1.54) is 0 Å². The SMILES string of the molecule is COc1ccc(N=C(NO)C(C)=NN=C(C)C(=Nc2ccc(OC)cc2)NO)cc1. The van der Waals surface area contributed by atoms with Gasteiger partial charge in [-0.05, 0) is 62.4 Å². The maximum atomic E-state index is 9.40. The normalized spacial score (nSPS) is 13.1. The van der Waals surface area contributed by atoms with Gasteiger partial charge in [0.25, 0.3) is 0 Å². The summed E-state index contributed by atoms with van der Waals surface area (Å²) in [6.45, 7) is 3.24. The number of methoxy groups -OCH3 is 2. The number of nitrogens with one attached hydrogen (secondary N) is 2. The van der Waals surface area contributed by atoms with Gasteiger partial charge in [-0.2, -0.15) is 10.2 Å². The Morgan fingerprint density at radius 1 is 0.667 bits per heavy atom. The number of nitrogens with zero attached hydrogens (tertiary/aromatic N) is 4. The second-order valence-corrected chi connectivity index (χ2v) is 5.91. The molecule has 0 saturated heterocycles. The van der Waals surface area contributed by atoms with Crippen molar-refractivity contribution in [1.29, 1.82) is 0 Å². The quantitative estimate of drug-likeness (QED) is 0.313. The monoisotopic (exact) mass is 412 g/mol. The number of benzene rings is 2. The van der Waals surface area contributed by atoms with Gasteiger partial charge in [0.15, 0.2) is 11.7 Å². The van der Waals surface area contributed by atoms with E-state index in [1.807, 2.05) is 11.0 Å². The molecule has 0 saturated carbocycles. The summed E-state index contributed by atoms with van der Waals surface area (Å²) in [6, 6.07) is 13.9. The van der Waals surface area contributed by atoms with Crippen molar-refractivity contribution in [3.05, 3.63) is 48.5 Å². The largest absolute Gasteiger partial charge is 0.497 e. The fraction of sp³-hybridized carbons (Fsp3) is 0.200. The number of hydrogen-bond acceptors (Lipinski definition) is 8.